The third-order valence-electron chi connectivity index (χ3n) is 4.08. The third-order valence-corrected chi connectivity index (χ3v) is 4.90. The van der Waals surface area contributed by atoms with E-state index in [-0.39, 0.29) is 5.91 Å². The van der Waals surface area contributed by atoms with Gasteiger partial charge in [0.1, 0.15) is 0 Å². The predicted molar refractivity (Wildman–Crippen MR) is 94.7 cm³/mol. The quantitative estimate of drug-likeness (QED) is 0.855. The maximum atomic E-state index is 12.1. The Bertz CT molecular complexity index is 652. The van der Waals surface area contributed by atoms with Crippen molar-refractivity contribution in [2.24, 2.45) is 0 Å². The minimum atomic E-state index is 0.0595. The zero-order valence-electron chi connectivity index (χ0n) is 13.9. The van der Waals surface area contributed by atoms with Crippen molar-refractivity contribution in [1.82, 2.24) is 25.1 Å². The zero-order valence-corrected chi connectivity index (χ0v) is 14.8. The minimum absolute atomic E-state index is 0.0595. The number of pyridine rings is 1. The van der Waals surface area contributed by atoms with Gasteiger partial charge in [0.2, 0.25) is 5.91 Å². The Hall–Kier alpha value is -1.83. The van der Waals surface area contributed by atoms with Gasteiger partial charge < -0.3 is 5.32 Å². The molecule has 0 spiro atoms. The average Bonchev–Trinajstić information content (AvgIpc) is 3.01. The van der Waals surface area contributed by atoms with Crippen molar-refractivity contribution >= 4 is 17.2 Å². The molecule has 1 fully saturated rings. The van der Waals surface area contributed by atoms with Gasteiger partial charge in [-0.3, -0.25) is 19.6 Å². The second-order valence-corrected chi connectivity index (χ2v) is 7.07. The van der Waals surface area contributed by atoms with Crippen LogP contribution in [0.1, 0.15) is 16.4 Å². The molecule has 2 aromatic heterocycles. The van der Waals surface area contributed by atoms with Gasteiger partial charge in [-0.25, -0.2) is 4.98 Å². The molecule has 0 saturated carbocycles. The number of thiazole rings is 1. The SMILES string of the molecule is Cc1nc(CN2CCN(CC(=O)NCc3ccccn3)CC2)cs1. The van der Waals surface area contributed by atoms with Crippen LogP contribution in [0, 0.1) is 6.92 Å². The maximum Gasteiger partial charge on any atom is 0.234 e. The molecule has 1 amide bonds. The number of hydrogen-bond acceptors (Lipinski definition) is 6. The van der Waals surface area contributed by atoms with E-state index in [1.165, 1.54) is 0 Å². The number of carbonyl (C=O) groups is 1. The van der Waals surface area contributed by atoms with Crippen molar-refractivity contribution in [3.63, 3.8) is 0 Å². The second kappa shape index (κ2) is 8.32. The summed E-state index contributed by atoms with van der Waals surface area (Å²) >= 11 is 1.70. The molecule has 128 valence electrons. The summed E-state index contributed by atoms with van der Waals surface area (Å²) in [7, 11) is 0. The van der Waals surface area contributed by atoms with Crippen molar-refractivity contribution in [3.8, 4) is 0 Å². The summed E-state index contributed by atoms with van der Waals surface area (Å²) in [5, 5.41) is 6.19. The van der Waals surface area contributed by atoms with E-state index in [1.807, 2.05) is 25.1 Å². The molecule has 0 aromatic carbocycles. The van der Waals surface area contributed by atoms with Gasteiger partial charge in [0.15, 0.2) is 0 Å². The van der Waals surface area contributed by atoms with E-state index < -0.39 is 0 Å². The lowest BCUT2D eigenvalue weighted by atomic mass is 10.3. The maximum absolute atomic E-state index is 12.1. The first-order valence-corrected chi connectivity index (χ1v) is 9.09. The molecule has 0 atom stereocenters. The molecule has 1 saturated heterocycles. The predicted octanol–water partition coefficient (Wildman–Crippen LogP) is 1.28. The topological polar surface area (TPSA) is 61.4 Å². The summed E-state index contributed by atoms with van der Waals surface area (Å²) in [6.45, 7) is 7.67. The molecular weight excluding hydrogens is 322 g/mol. The molecule has 1 aliphatic rings. The molecule has 3 heterocycles. The summed E-state index contributed by atoms with van der Waals surface area (Å²) in [5.41, 5.74) is 2.04. The van der Waals surface area contributed by atoms with E-state index in [4.69, 9.17) is 0 Å². The van der Waals surface area contributed by atoms with Gasteiger partial charge in [-0.05, 0) is 19.1 Å². The highest BCUT2D eigenvalue weighted by atomic mass is 32.1. The molecule has 24 heavy (non-hydrogen) atoms. The largest absolute Gasteiger partial charge is 0.349 e. The fourth-order valence-electron chi connectivity index (χ4n) is 2.77. The fraction of sp³-hybridized carbons (Fsp3) is 0.471. The molecule has 2 aromatic rings. The highest BCUT2D eigenvalue weighted by Crippen LogP contribution is 2.12. The van der Waals surface area contributed by atoms with E-state index in [2.05, 4.69) is 30.5 Å². The van der Waals surface area contributed by atoms with E-state index in [0.29, 0.717) is 13.1 Å². The third kappa shape index (κ3) is 5.09. The van der Waals surface area contributed by atoms with Crippen LogP contribution >= 0.6 is 11.3 Å². The van der Waals surface area contributed by atoms with Gasteiger partial charge in [0, 0.05) is 44.3 Å². The van der Waals surface area contributed by atoms with E-state index in [0.717, 1.165) is 49.1 Å². The van der Waals surface area contributed by atoms with Crippen LogP contribution in [0.15, 0.2) is 29.8 Å². The molecule has 6 nitrogen and oxygen atoms in total. The Balaban J connectivity index is 1.36. The molecule has 3 rings (SSSR count). The lowest BCUT2D eigenvalue weighted by Gasteiger charge is -2.33. The first-order chi connectivity index (χ1) is 11.7. The Labute approximate surface area is 146 Å². The van der Waals surface area contributed by atoms with Crippen LogP contribution in [-0.2, 0) is 17.9 Å². The van der Waals surface area contributed by atoms with E-state index in [9.17, 15) is 4.79 Å². The molecule has 1 aliphatic heterocycles. The van der Waals surface area contributed by atoms with Crippen LogP contribution in [0.2, 0.25) is 0 Å². The Kier molecular flexibility index (Phi) is 5.90. The van der Waals surface area contributed by atoms with Crippen LogP contribution in [0.4, 0.5) is 0 Å². The van der Waals surface area contributed by atoms with Crippen LogP contribution < -0.4 is 5.32 Å². The normalized spacial score (nSPS) is 16.2. The van der Waals surface area contributed by atoms with E-state index in [1.54, 1.807) is 17.5 Å². The number of amides is 1. The van der Waals surface area contributed by atoms with Crippen LogP contribution in [0.5, 0.6) is 0 Å². The van der Waals surface area contributed by atoms with Crippen molar-refractivity contribution in [1.29, 1.82) is 0 Å². The summed E-state index contributed by atoms with van der Waals surface area (Å²) in [4.78, 5) is 25.4. The number of aryl methyl sites for hydroxylation is 1. The monoisotopic (exact) mass is 345 g/mol. The fourth-order valence-corrected chi connectivity index (χ4v) is 3.37. The zero-order chi connectivity index (χ0) is 16.8. The van der Waals surface area contributed by atoms with Gasteiger partial charge in [-0.2, -0.15) is 0 Å². The number of hydrogen-bond donors (Lipinski definition) is 1. The first kappa shape index (κ1) is 17.0. The summed E-state index contributed by atoms with van der Waals surface area (Å²) in [6, 6.07) is 5.72. The number of piperazine rings is 1. The first-order valence-electron chi connectivity index (χ1n) is 8.21. The lowest BCUT2D eigenvalue weighted by molar-refractivity contribution is -0.122. The molecular formula is C17H23N5OS. The second-order valence-electron chi connectivity index (χ2n) is 6.01. The van der Waals surface area contributed by atoms with Crippen LogP contribution in [-0.4, -0.2) is 58.4 Å². The standard InChI is InChI=1S/C17H23N5OS/c1-14-20-16(13-24-14)11-21-6-8-22(9-7-21)12-17(23)19-10-15-4-2-3-5-18-15/h2-5,13H,6-12H2,1H3,(H,19,23). The highest BCUT2D eigenvalue weighted by Gasteiger charge is 2.19. The smallest absolute Gasteiger partial charge is 0.234 e. The molecule has 0 radical (unpaired) electrons. The molecule has 0 aliphatic carbocycles. The number of rotatable bonds is 6. The van der Waals surface area contributed by atoms with Crippen LogP contribution in [0.25, 0.3) is 0 Å². The number of nitrogens with zero attached hydrogens (tertiary/aromatic N) is 4. The van der Waals surface area contributed by atoms with Gasteiger partial charge in [-0.1, -0.05) is 6.07 Å². The van der Waals surface area contributed by atoms with Crippen LogP contribution in [0.3, 0.4) is 0 Å². The van der Waals surface area contributed by atoms with Gasteiger partial charge in [-0.15, -0.1) is 11.3 Å². The van der Waals surface area contributed by atoms with E-state index >= 15 is 0 Å². The van der Waals surface area contributed by atoms with Gasteiger partial charge in [0.25, 0.3) is 0 Å². The number of carbonyl (C=O) groups excluding carboxylic acids is 1. The van der Waals surface area contributed by atoms with Gasteiger partial charge >= 0.3 is 0 Å². The molecule has 0 bridgehead atoms. The molecule has 0 unspecified atom stereocenters. The number of aromatic nitrogens is 2. The van der Waals surface area contributed by atoms with Crippen molar-refractivity contribution in [2.45, 2.75) is 20.0 Å². The average molecular weight is 345 g/mol. The Morgan fingerprint density at radius 2 is 2.00 bits per heavy atom. The molecule has 1 N–H and O–H groups in total. The minimum Gasteiger partial charge on any atom is -0.349 e. The lowest BCUT2D eigenvalue weighted by Crippen LogP contribution is -2.49. The Morgan fingerprint density at radius 3 is 2.67 bits per heavy atom. The summed E-state index contributed by atoms with van der Waals surface area (Å²) < 4.78 is 0. The number of nitrogens with one attached hydrogen (secondary N) is 1. The van der Waals surface area contributed by atoms with Crippen molar-refractivity contribution < 1.29 is 4.79 Å². The van der Waals surface area contributed by atoms with Crippen molar-refractivity contribution in [2.75, 3.05) is 32.7 Å². The summed E-state index contributed by atoms with van der Waals surface area (Å²) in [6.07, 6.45) is 1.74. The Morgan fingerprint density at radius 1 is 1.21 bits per heavy atom. The summed E-state index contributed by atoms with van der Waals surface area (Å²) in [5.74, 6) is 0.0595. The van der Waals surface area contributed by atoms with Gasteiger partial charge in [0.05, 0.1) is 29.5 Å². The highest BCUT2D eigenvalue weighted by molar-refractivity contribution is 7.09. The van der Waals surface area contributed by atoms with Crippen molar-refractivity contribution in [3.05, 3.63) is 46.2 Å². The molecule has 7 heteroatoms.